The number of likely N-dealkylation sites (N-methyl/N-ethyl adjacent to an activating group) is 1. The third kappa shape index (κ3) is 3.93. The zero-order valence-corrected chi connectivity index (χ0v) is 15.6. The maximum Gasteiger partial charge on any atom is 0.338 e. The number of carbonyl (C=O) groups excluding carboxylic acids is 4. The van der Waals surface area contributed by atoms with Crippen molar-refractivity contribution < 1.29 is 23.9 Å². The lowest BCUT2D eigenvalue weighted by atomic mass is 10.2. The summed E-state index contributed by atoms with van der Waals surface area (Å²) in [6, 6.07) is 15.1. The molecule has 0 aromatic heterocycles. The third-order valence-electron chi connectivity index (χ3n) is 4.50. The van der Waals surface area contributed by atoms with Crippen molar-refractivity contribution in [1.29, 1.82) is 0 Å². The van der Waals surface area contributed by atoms with Crippen molar-refractivity contribution in [1.82, 2.24) is 0 Å². The van der Waals surface area contributed by atoms with Crippen LogP contribution >= 0.6 is 0 Å². The van der Waals surface area contributed by atoms with E-state index in [0.717, 1.165) is 4.90 Å². The van der Waals surface area contributed by atoms with E-state index in [1.54, 1.807) is 31.3 Å². The van der Waals surface area contributed by atoms with Crippen molar-refractivity contribution >= 4 is 35.1 Å². The lowest BCUT2D eigenvalue weighted by Crippen LogP contribution is -2.37. The van der Waals surface area contributed by atoms with Gasteiger partial charge in [-0.15, -0.1) is 0 Å². The highest BCUT2D eigenvalue weighted by molar-refractivity contribution is 6.20. The molecule has 144 valence electrons. The molecule has 0 spiro atoms. The van der Waals surface area contributed by atoms with Crippen LogP contribution in [0.25, 0.3) is 0 Å². The van der Waals surface area contributed by atoms with Gasteiger partial charge in [0.1, 0.15) is 0 Å². The van der Waals surface area contributed by atoms with E-state index in [2.05, 4.69) is 0 Å². The topological polar surface area (TPSA) is 84.0 Å². The molecule has 7 nitrogen and oxygen atoms in total. The molecule has 0 unspecified atom stereocenters. The van der Waals surface area contributed by atoms with E-state index in [4.69, 9.17) is 4.74 Å². The Bertz CT molecular complexity index is 909. The van der Waals surface area contributed by atoms with Gasteiger partial charge in [-0.2, -0.15) is 0 Å². The minimum atomic E-state index is -1.00. The molecule has 3 amide bonds. The van der Waals surface area contributed by atoms with Crippen LogP contribution in [0.15, 0.2) is 54.6 Å². The number of benzene rings is 2. The number of hydrogen-bond acceptors (Lipinski definition) is 5. The number of carbonyl (C=O) groups is 4. The Kier molecular flexibility index (Phi) is 5.54. The second-order valence-corrected chi connectivity index (χ2v) is 6.45. The lowest BCUT2D eigenvalue weighted by Gasteiger charge is -2.21. The van der Waals surface area contributed by atoms with Gasteiger partial charge in [-0.3, -0.25) is 19.3 Å². The lowest BCUT2D eigenvalue weighted by molar-refractivity contribution is -0.126. The van der Waals surface area contributed by atoms with Gasteiger partial charge in [0.2, 0.25) is 11.8 Å². The maximum atomic E-state index is 12.5. The molecule has 0 bridgehead atoms. The average Bonchev–Trinajstić information content (AvgIpc) is 3.05. The summed E-state index contributed by atoms with van der Waals surface area (Å²) in [5.74, 6) is -1.68. The molecule has 1 heterocycles. The number of hydrogen-bond donors (Lipinski definition) is 0. The molecule has 2 aromatic rings. The molecule has 0 aliphatic carbocycles. The Balaban J connectivity index is 1.71. The molecule has 1 saturated heterocycles. The summed E-state index contributed by atoms with van der Waals surface area (Å²) >= 11 is 0. The second-order valence-electron chi connectivity index (χ2n) is 6.45. The van der Waals surface area contributed by atoms with Gasteiger partial charge in [0, 0.05) is 25.6 Å². The van der Waals surface area contributed by atoms with Gasteiger partial charge in [0.05, 0.1) is 11.3 Å². The summed E-state index contributed by atoms with van der Waals surface area (Å²) < 4.78 is 5.29. The molecule has 1 aliphatic rings. The van der Waals surface area contributed by atoms with E-state index in [1.165, 1.54) is 24.0 Å². The number of anilines is 2. The van der Waals surface area contributed by atoms with Crippen molar-refractivity contribution in [2.45, 2.75) is 25.9 Å². The standard InChI is InChI=1S/C21H20N2O5/c1-14(20(26)22(2)16-8-4-3-5-9-16)28-21(27)15-7-6-10-17(13-15)23-18(24)11-12-19(23)25/h3-10,13-14H,11-12H2,1-2H3/t14-/m0/s1. The van der Waals surface area contributed by atoms with Crippen LogP contribution in [0, 0.1) is 0 Å². The van der Waals surface area contributed by atoms with Crippen molar-refractivity contribution in [2.24, 2.45) is 0 Å². The highest BCUT2D eigenvalue weighted by atomic mass is 16.5. The predicted octanol–water partition coefficient (Wildman–Crippen LogP) is 2.55. The Morgan fingerprint density at radius 1 is 1.00 bits per heavy atom. The first-order chi connectivity index (χ1) is 13.4. The highest BCUT2D eigenvalue weighted by Crippen LogP contribution is 2.24. The first-order valence-corrected chi connectivity index (χ1v) is 8.88. The number of para-hydroxylation sites is 1. The van der Waals surface area contributed by atoms with Crippen LogP contribution in [0.3, 0.4) is 0 Å². The monoisotopic (exact) mass is 380 g/mol. The molecule has 3 rings (SSSR count). The smallest absolute Gasteiger partial charge is 0.338 e. The van der Waals surface area contributed by atoms with Gasteiger partial charge in [-0.1, -0.05) is 24.3 Å². The Labute approximate surface area is 162 Å². The van der Waals surface area contributed by atoms with Crippen LogP contribution in [0.2, 0.25) is 0 Å². The minimum Gasteiger partial charge on any atom is -0.449 e. The third-order valence-corrected chi connectivity index (χ3v) is 4.50. The average molecular weight is 380 g/mol. The first kappa shape index (κ1) is 19.3. The summed E-state index contributed by atoms with van der Waals surface area (Å²) in [5, 5.41) is 0. The normalized spacial score (nSPS) is 14.7. The summed E-state index contributed by atoms with van der Waals surface area (Å²) in [4.78, 5) is 51.2. The number of ether oxygens (including phenoxy) is 1. The fraction of sp³-hybridized carbons (Fsp3) is 0.238. The summed E-state index contributed by atoms with van der Waals surface area (Å²) in [7, 11) is 1.60. The van der Waals surface area contributed by atoms with Crippen molar-refractivity contribution in [2.75, 3.05) is 16.8 Å². The van der Waals surface area contributed by atoms with Gasteiger partial charge in [-0.25, -0.2) is 4.79 Å². The van der Waals surface area contributed by atoms with Gasteiger partial charge in [0.15, 0.2) is 6.10 Å². The fourth-order valence-corrected chi connectivity index (χ4v) is 2.97. The van der Waals surface area contributed by atoms with Crippen molar-refractivity contribution in [3.05, 3.63) is 60.2 Å². The molecule has 1 fully saturated rings. The molecular weight excluding hydrogens is 360 g/mol. The molecule has 28 heavy (non-hydrogen) atoms. The second kappa shape index (κ2) is 8.04. The number of rotatable bonds is 5. The molecule has 0 N–H and O–H groups in total. The maximum absolute atomic E-state index is 12.5. The number of imide groups is 1. The quantitative estimate of drug-likeness (QED) is 0.588. The molecule has 0 saturated carbocycles. The van der Waals surface area contributed by atoms with Crippen LogP contribution in [-0.4, -0.2) is 36.8 Å². The summed E-state index contributed by atoms with van der Waals surface area (Å²) in [6.07, 6.45) is -0.688. The minimum absolute atomic E-state index is 0.158. The Hall–Kier alpha value is -3.48. The SMILES string of the molecule is C[C@H](OC(=O)c1cccc(N2C(=O)CCC2=O)c1)C(=O)N(C)c1ccccc1. The molecule has 1 aliphatic heterocycles. The molecular formula is C21H20N2O5. The summed E-state index contributed by atoms with van der Waals surface area (Å²) in [5.41, 5.74) is 1.16. The van der Waals surface area contributed by atoms with E-state index in [9.17, 15) is 19.2 Å². The predicted molar refractivity (Wildman–Crippen MR) is 103 cm³/mol. The van der Waals surface area contributed by atoms with E-state index < -0.39 is 12.1 Å². The van der Waals surface area contributed by atoms with Crippen LogP contribution in [-0.2, 0) is 19.1 Å². The van der Waals surface area contributed by atoms with Gasteiger partial charge in [0.25, 0.3) is 5.91 Å². The highest BCUT2D eigenvalue weighted by Gasteiger charge is 2.31. The molecule has 7 heteroatoms. The van der Waals surface area contributed by atoms with Crippen molar-refractivity contribution in [3.63, 3.8) is 0 Å². The number of esters is 1. The van der Waals surface area contributed by atoms with Gasteiger partial charge in [-0.05, 0) is 37.3 Å². The largest absolute Gasteiger partial charge is 0.449 e. The van der Waals surface area contributed by atoms with E-state index in [0.29, 0.717) is 11.4 Å². The van der Waals surface area contributed by atoms with Crippen LogP contribution in [0.1, 0.15) is 30.1 Å². The van der Waals surface area contributed by atoms with Crippen LogP contribution in [0.4, 0.5) is 11.4 Å². The first-order valence-electron chi connectivity index (χ1n) is 8.88. The molecule has 0 radical (unpaired) electrons. The van der Waals surface area contributed by atoms with Crippen LogP contribution in [0.5, 0.6) is 0 Å². The van der Waals surface area contributed by atoms with Gasteiger partial charge >= 0.3 is 5.97 Å². The molecule has 1 atom stereocenters. The Morgan fingerprint density at radius 2 is 1.64 bits per heavy atom. The zero-order valence-electron chi connectivity index (χ0n) is 15.6. The number of nitrogens with zero attached hydrogens (tertiary/aromatic N) is 2. The van der Waals surface area contributed by atoms with E-state index in [1.807, 2.05) is 18.2 Å². The van der Waals surface area contributed by atoms with Gasteiger partial charge < -0.3 is 9.64 Å². The number of amides is 3. The Morgan fingerprint density at radius 3 is 2.29 bits per heavy atom. The fourth-order valence-electron chi connectivity index (χ4n) is 2.97. The van der Waals surface area contributed by atoms with E-state index in [-0.39, 0.29) is 36.1 Å². The van der Waals surface area contributed by atoms with Crippen molar-refractivity contribution in [3.8, 4) is 0 Å². The summed E-state index contributed by atoms with van der Waals surface area (Å²) in [6.45, 7) is 1.50. The van der Waals surface area contributed by atoms with Crippen LogP contribution < -0.4 is 9.80 Å². The zero-order chi connectivity index (χ0) is 20.3. The van der Waals surface area contributed by atoms with E-state index >= 15 is 0 Å². The molecule has 2 aromatic carbocycles.